The molecule has 2 aromatic rings. The zero-order valence-electron chi connectivity index (χ0n) is 10.9. The largest absolute Gasteiger partial charge is 0.467 e. The van der Waals surface area contributed by atoms with E-state index < -0.39 is 0 Å². The summed E-state index contributed by atoms with van der Waals surface area (Å²) in [6, 6.07) is 10.0. The van der Waals surface area contributed by atoms with Crippen molar-refractivity contribution >= 4 is 5.69 Å². The predicted octanol–water partition coefficient (Wildman–Crippen LogP) is 3.11. The number of nitrogens with zero attached hydrogens (tertiary/aromatic N) is 1. The standard InChI is InChI=1S/C15H19NO2/c1-3-16(10-14-5-4-8-18-14)15-7-6-12(2)9-13(15)11-17/h4-9,17H,3,10-11H2,1-2H3. The number of furan rings is 1. The van der Waals surface area contributed by atoms with Crippen LogP contribution in [0.2, 0.25) is 0 Å². The smallest absolute Gasteiger partial charge is 0.123 e. The van der Waals surface area contributed by atoms with Gasteiger partial charge >= 0.3 is 0 Å². The minimum atomic E-state index is 0.0612. The summed E-state index contributed by atoms with van der Waals surface area (Å²) in [6.45, 7) is 5.79. The summed E-state index contributed by atoms with van der Waals surface area (Å²) in [4.78, 5) is 2.20. The number of aryl methyl sites for hydroxylation is 1. The number of benzene rings is 1. The normalized spacial score (nSPS) is 10.6. The maximum absolute atomic E-state index is 9.46. The topological polar surface area (TPSA) is 36.6 Å². The van der Waals surface area contributed by atoms with Crippen LogP contribution in [0, 0.1) is 6.92 Å². The van der Waals surface area contributed by atoms with Crippen molar-refractivity contribution in [2.45, 2.75) is 27.0 Å². The van der Waals surface area contributed by atoms with Crippen molar-refractivity contribution in [1.82, 2.24) is 0 Å². The summed E-state index contributed by atoms with van der Waals surface area (Å²) < 4.78 is 5.38. The first kappa shape index (κ1) is 12.7. The lowest BCUT2D eigenvalue weighted by Gasteiger charge is -2.24. The van der Waals surface area contributed by atoms with Crippen LogP contribution in [0.4, 0.5) is 5.69 Å². The fraction of sp³-hybridized carbons (Fsp3) is 0.333. The fourth-order valence-electron chi connectivity index (χ4n) is 2.11. The molecule has 1 N–H and O–H groups in total. The monoisotopic (exact) mass is 245 g/mol. The molecule has 1 heterocycles. The SMILES string of the molecule is CCN(Cc1ccco1)c1ccc(C)cc1CO. The molecule has 3 heteroatoms. The number of hydrogen-bond donors (Lipinski definition) is 1. The minimum absolute atomic E-state index is 0.0612. The van der Waals surface area contributed by atoms with Crippen molar-refractivity contribution in [2.24, 2.45) is 0 Å². The Morgan fingerprint density at radius 3 is 2.72 bits per heavy atom. The molecule has 0 radical (unpaired) electrons. The van der Waals surface area contributed by atoms with E-state index >= 15 is 0 Å². The van der Waals surface area contributed by atoms with Crippen LogP contribution >= 0.6 is 0 Å². The molecule has 0 fully saturated rings. The van der Waals surface area contributed by atoms with Crippen molar-refractivity contribution in [2.75, 3.05) is 11.4 Å². The van der Waals surface area contributed by atoms with Gasteiger partial charge < -0.3 is 14.4 Å². The molecule has 1 aromatic heterocycles. The first-order chi connectivity index (χ1) is 8.74. The van der Waals surface area contributed by atoms with Crippen molar-refractivity contribution in [1.29, 1.82) is 0 Å². The van der Waals surface area contributed by atoms with Gasteiger partial charge in [-0.05, 0) is 32.0 Å². The van der Waals surface area contributed by atoms with E-state index in [9.17, 15) is 5.11 Å². The lowest BCUT2D eigenvalue weighted by Crippen LogP contribution is -2.23. The van der Waals surface area contributed by atoms with Gasteiger partial charge in [0.05, 0.1) is 19.4 Å². The number of hydrogen-bond acceptors (Lipinski definition) is 3. The van der Waals surface area contributed by atoms with Gasteiger partial charge in [0.2, 0.25) is 0 Å². The molecule has 0 unspecified atom stereocenters. The Labute approximate surface area is 108 Å². The molecule has 2 rings (SSSR count). The van der Waals surface area contributed by atoms with Gasteiger partial charge in [-0.25, -0.2) is 0 Å². The van der Waals surface area contributed by atoms with Crippen LogP contribution in [-0.4, -0.2) is 11.7 Å². The molecular formula is C15H19NO2. The Morgan fingerprint density at radius 1 is 1.28 bits per heavy atom. The molecule has 0 saturated heterocycles. The van der Waals surface area contributed by atoms with Gasteiger partial charge in [-0.15, -0.1) is 0 Å². The number of anilines is 1. The molecule has 0 aliphatic heterocycles. The third-order valence-corrected chi connectivity index (χ3v) is 3.05. The Balaban J connectivity index is 2.26. The highest BCUT2D eigenvalue weighted by Crippen LogP contribution is 2.23. The molecule has 18 heavy (non-hydrogen) atoms. The van der Waals surface area contributed by atoms with Gasteiger partial charge in [0, 0.05) is 17.8 Å². The molecular weight excluding hydrogens is 226 g/mol. The molecule has 0 aliphatic rings. The molecule has 0 bridgehead atoms. The van der Waals surface area contributed by atoms with Gasteiger partial charge in [0.1, 0.15) is 5.76 Å². The zero-order chi connectivity index (χ0) is 13.0. The average Bonchev–Trinajstić information content (AvgIpc) is 2.89. The van der Waals surface area contributed by atoms with E-state index in [0.29, 0.717) is 0 Å². The second-order valence-electron chi connectivity index (χ2n) is 4.38. The van der Waals surface area contributed by atoms with Crippen molar-refractivity contribution in [3.63, 3.8) is 0 Å². The maximum Gasteiger partial charge on any atom is 0.123 e. The van der Waals surface area contributed by atoms with E-state index in [2.05, 4.69) is 24.0 Å². The molecule has 3 nitrogen and oxygen atoms in total. The lowest BCUT2D eigenvalue weighted by molar-refractivity contribution is 0.282. The first-order valence-corrected chi connectivity index (χ1v) is 6.22. The van der Waals surface area contributed by atoms with E-state index in [-0.39, 0.29) is 6.61 Å². The zero-order valence-corrected chi connectivity index (χ0v) is 10.9. The van der Waals surface area contributed by atoms with E-state index in [0.717, 1.165) is 35.7 Å². The van der Waals surface area contributed by atoms with Gasteiger partial charge in [0.15, 0.2) is 0 Å². The fourth-order valence-corrected chi connectivity index (χ4v) is 2.11. The summed E-state index contributed by atoms with van der Waals surface area (Å²) >= 11 is 0. The third kappa shape index (κ3) is 2.74. The first-order valence-electron chi connectivity index (χ1n) is 6.22. The van der Waals surface area contributed by atoms with Crippen LogP contribution in [0.3, 0.4) is 0 Å². The van der Waals surface area contributed by atoms with Crippen molar-refractivity contribution in [3.05, 3.63) is 53.5 Å². The number of aliphatic hydroxyl groups excluding tert-OH is 1. The van der Waals surface area contributed by atoms with Crippen LogP contribution < -0.4 is 4.90 Å². The van der Waals surface area contributed by atoms with E-state index in [1.807, 2.05) is 25.1 Å². The maximum atomic E-state index is 9.46. The van der Waals surface area contributed by atoms with E-state index in [1.54, 1.807) is 6.26 Å². The van der Waals surface area contributed by atoms with Crippen LogP contribution in [0.15, 0.2) is 41.0 Å². The Bertz CT molecular complexity index is 491. The van der Waals surface area contributed by atoms with Crippen molar-refractivity contribution < 1.29 is 9.52 Å². The molecule has 0 aliphatic carbocycles. The molecule has 1 aromatic carbocycles. The van der Waals surface area contributed by atoms with Crippen LogP contribution in [0.25, 0.3) is 0 Å². The van der Waals surface area contributed by atoms with Gasteiger partial charge in [-0.1, -0.05) is 17.7 Å². The third-order valence-electron chi connectivity index (χ3n) is 3.05. The lowest BCUT2D eigenvalue weighted by atomic mass is 10.1. The second kappa shape index (κ2) is 5.74. The Kier molecular flexibility index (Phi) is 4.05. The Morgan fingerprint density at radius 2 is 2.11 bits per heavy atom. The van der Waals surface area contributed by atoms with Gasteiger partial charge in [-0.3, -0.25) is 0 Å². The van der Waals surface area contributed by atoms with Crippen molar-refractivity contribution in [3.8, 4) is 0 Å². The summed E-state index contributed by atoms with van der Waals surface area (Å²) in [6.07, 6.45) is 1.69. The van der Waals surface area contributed by atoms with Gasteiger partial charge in [-0.2, -0.15) is 0 Å². The average molecular weight is 245 g/mol. The van der Waals surface area contributed by atoms with E-state index in [1.165, 1.54) is 0 Å². The highest BCUT2D eigenvalue weighted by Gasteiger charge is 2.11. The summed E-state index contributed by atoms with van der Waals surface area (Å²) in [7, 11) is 0. The molecule has 0 amide bonds. The molecule has 0 saturated carbocycles. The van der Waals surface area contributed by atoms with Crippen LogP contribution in [0.5, 0.6) is 0 Å². The minimum Gasteiger partial charge on any atom is -0.467 e. The highest BCUT2D eigenvalue weighted by atomic mass is 16.3. The molecule has 0 spiro atoms. The number of rotatable bonds is 5. The van der Waals surface area contributed by atoms with Gasteiger partial charge in [0.25, 0.3) is 0 Å². The summed E-state index contributed by atoms with van der Waals surface area (Å²) in [5, 5.41) is 9.46. The summed E-state index contributed by atoms with van der Waals surface area (Å²) in [5.74, 6) is 0.932. The second-order valence-corrected chi connectivity index (χ2v) is 4.38. The molecule has 0 atom stereocenters. The number of aliphatic hydroxyl groups is 1. The highest BCUT2D eigenvalue weighted by molar-refractivity contribution is 5.54. The Hall–Kier alpha value is -1.74. The van der Waals surface area contributed by atoms with Crippen LogP contribution in [-0.2, 0) is 13.2 Å². The van der Waals surface area contributed by atoms with Crippen LogP contribution in [0.1, 0.15) is 23.8 Å². The molecule has 96 valence electrons. The quantitative estimate of drug-likeness (QED) is 0.879. The van der Waals surface area contributed by atoms with E-state index in [4.69, 9.17) is 4.42 Å². The predicted molar refractivity (Wildman–Crippen MR) is 72.5 cm³/mol. The summed E-state index contributed by atoms with van der Waals surface area (Å²) in [5.41, 5.74) is 3.20.